The van der Waals surface area contributed by atoms with Gasteiger partial charge in [-0.2, -0.15) is 0 Å². The molecule has 1 aliphatic rings. The molecule has 0 saturated carbocycles. The van der Waals surface area contributed by atoms with Gasteiger partial charge < -0.3 is 29.2 Å². The molecule has 1 N–H and O–H groups in total. The van der Waals surface area contributed by atoms with Crippen LogP contribution in [0.25, 0.3) is 0 Å². The number of amides is 2. The Kier molecular flexibility index (Phi) is 7.36. The number of carbonyl (C=O) groups is 2. The van der Waals surface area contributed by atoms with Crippen LogP contribution in [-0.4, -0.2) is 58.2 Å². The van der Waals surface area contributed by atoms with E-state index in [0.717, 1.165) is 12.0 Å². The van der Waals surface area contributed by atoms with Crippen LogP contribution < -0.4 is 24.3 Å². The van der Waals surface area contributed by atoms with E-state index in [0.29, 0.717) is 34.1 Å². The Bertz CT molecular complexity index is 1040. The Morgan fingerprint density at radius 2 is 1.55 bits per heavy atom. The second kappa shape index (κ2) is 10.0. The van der Waals surface area contributed by atoms with Crippen molar-refractivity contribution in [1.29, 1.82) is 0 Å². The van der Waals surface area contributed by atoms with Gasteiger partial charge in [-0.15, -0.1) is 0 Å². The van der Waals surface area contributed by atoms with Gasteiger partial charge in [0.25, 0.3) is 5.91 Å². The van der Waals surface area contributed by atoms with E-state index in [1.807, 2.05) is 26.0 Å². The molecule has 2 amide bonds. The summed E-state index contributed by atoms with van der Waals surface area (Å²) in [6, 6.07) is 8.23. The van der Waals surface area contributed by atoms with Crippen molar-refractivity contribution in [3.05, 3.63) is 47.0 Å². The van der Waals surface area contributed by atoms with Crippen LogP contribution in [0.15, 0.2) is 30.3 Å². The van der Waals surface area contributed by atoms with Crippen LogP contribution in [-0.2, 0) is 4.79 Å². The lowest BCUT2D eigenvalue weighted by Crippen LogP contribution is -2.47. The average Bonchev–Trinajstić information content (AvgIpc) is 2.84. The summed E-state index contributed by atoms with van der Waals surface area (Å²) < 4.78 is 21.7. The van der Waals surface area contributed by atoms with Crippen molar-refractivity contribution in [2.24, 2.45) is 0 Å². The van der Waals surface area contributed by atoms with Gasteiger partial charge in [0, 0.05) is 18.7 Å². The first kappa shape index (κ1) is 24.2. The van der Waals surface area contributed by atoms with Crippen LogP contribution in [0, 0.1) is 0 Å². The minimum Gasteiger partial charge on any atom is -0.493 e. The zero-order valence-electron chi connectivity index (χ0n) is 20.2. The van der Waals surface area contributed by atoms with E-state index in [1.165, 1.54) is 14.2 Å². The highest BCUT2D eigenvalue weighted by molar-refractivity contribution is 6.02. The molecule has 0 unspecified atom stereocenters. The highest BCUT2D eigenvalue weighted by Gasteiger charge is 2.44. The van der Waals surface area contributed by atoms with Gasteiger partial charge in [0.1, 0.15) is 0 Å². The number of fused-ring (bicyclic) bond motifs is 1. The molecule has 2 aromatic carbocycles. The number of carbonyl (C=O) groups excluding carboxylic acids is 2. The normalized spacial score (nSPS) is 18.3. The van der Waals surface area contributed by atoms with E-state index in [-0.39, 0.29) is 17.9 Å². The fourth-order valence-electron chi connectivity index (χ4n) is 4.22. The maximum atomic E-state index is 13.6. The lowest BCUT2D eigenvalue weighted by Gasteiger charge is -2.40. The van der Waals surface area contributed by atoms with Crippen molar-refractivity contribution in [2.45, 2.75) is 38.3 Å². The van der Waals surface area contributed by atoms with Gasteiger partial charge in [-0.1, -0.05) is 13.0 Å². The standard InChI is InChI=1S/C25H32N2O6/c1-8-14(2)26-24(28)22-16-12-20(32-6)21(33-7)13-17(16)25(29)27(3)23(22)15-9-10-18(30-4)19(11-15)31-5/h9-14,22-23H,8H2,1-7H3,(H,26,28)/t14-,22-,23-/m1/s1. The summed E-state index contributed by atoms with van der Waals surface area (Å²) in [7, 11) is 7.86. The Labute approximate surface area is 194 Å². The molecule has 1 heterocycles. The molecule has 3 atom stereocenters. The van der Waals surface area contributed by atoms with Crippen LogP contribution >= 0.6 is 0 Å². The van der Waals surface area contributed by atoms with Gasteiger partial charge >= 0.3 is 0 Å². The van der Waals surface area contributed by atoms with E-state index >= 15 is 0 Å². The quantitative estimate of drug-likeness (QED) is 0.654. The number of ether oxygens (including phenoxy) is 4. The van der Waals surface area contributed by atoms with E-state index < -0.39 is 12.0 Å². The molecule has 0 aromatic heterocycles. The zero-order chi connectivity index (χ0) is 24.3. The largest absolute Gasteiger partial charge is 0.493 e. The number of nitrogens with one attached hydrogen (secondary N) is 1. The van der Waals surface area contributed by atoms with Gasteiger partial charge in [0.05, 0.1) is 40.4 Å². The second-order valence-corrected chi connectivity index (χ2v) is 8.07. The van der Waals surface area contributed by atoms with Crippen molar-refractivity contribution in [3.63, 3.8) is 0 Å². The number of nitrogens with zero attached hydrogens (tertiary/aromatic N) is 1. The highest BCUT2D eigenvalue weighted by atomic mass is 16.5. The zero-order valence-corrected chi connectivity index (χ0v) is 20.2. The maximum absolute atomic E-state index is 13.6. The molecule has 178 valence electrons. The molecule has 0 fully saturated rings. The molecular weight excluding hydrogens is 424 g/mol. The predicted molar refractivity (Wildman–Crippen MR) is 125 cm³/mol. The molecule has 3 rings (SSSR count). The molecule has 0 saturated heterocycles. The minimum atomic E-state index is -0.672. The van der Waals surface area contributed by atoms with E-state index in [1.54, 1.807) is 44.4 Å². The fraction of sp³-hybridized carbons (Fsp3) is 0.440. The first-order valence-electron chi connectivity index (χ1n) is 10.9. The summed E-state index contributed by atoms with van der Waals surface area (Å²) >= 11 is 0. The molecule has 0 radical (unpaired) electrons. The summed E-state index contributed by atoms with van der Waals surface area (Å²) in [4.78, 5) is 28.6. The summed E-state index contributed by atoms with van der Waals surface area (Å²) in [5, 5.41) is 3.09. The van der Waals surface area contributed by atoms with Gasteiger partial charge in [-0.25, -0.2) is 0 Å². The first-order chi connectivity index (χ1) is 15.8. The fourth-order valence-corrected chi connectivity index (χ4v) is 4.22. The monoisotopic (exact) mass is 456 g/mol. The van der Waals surface area contributed by atoms with Crippen LogP contribution in [0.5, 0.6) is 23.0 Å². The van der Waals surface area contributed by atoms with Crippen LogP contribution in [0.1, 0.15) is 53.7 Å². The lowest BCUT2D eigenvalue weighted by molar-refractivity contribution is -0.124. The van der Waals surface area contributed by atoms with Gasteiger partial charge in [0.15, 0.2) is 23.0 Å². The number of hydrogen-bond acceptors (Lipinski definition) is 6. The number of rotatable bonds is 8. The Morgan fingerprint density at radius 1 is 0.970 bits per heavy atom. The molecule has 0 spiro atoms. The number of benzene rings is 2. The third-order valence-corrected chi connectivity index (χ3v) is 6.21. The van der Waals surface area contributed by atoms with E-state index in [4.69, 9.17) is 18.9 Å². The summed E-state index contributed by atoms with van der Waals surface area (Å²) in [5.74, 6) is 0.933. The summed E-state index contributed by atoms with van der Waals surface area (Å²) in [5.41, 5.74) is 1.76. The molecule has 8 heteroatoms. The van der Waals surface area contributed by atoms with E-state index in [9.17, 15) is 9.59 Å². The van der Waals surface area contributed by atoms with Crippen molar-refractivity contribution in [1.82, 2.24) is 10.2 Å². The average molecular weight is 457 g/mol. The van der Waals surface area contributed by atoms with Crippen LogP contribution in [0.3, 0.4) is 0 Å². The van der Waals surface area contributed by atoms with Crippen molar-refractivity contribution in [2.75, 3.05) is 35.5 Å². The third-order valence-electron chi connectivity index (χ3n) is 6.21. The van der Waals surface area contributed by atoms with Gasteiger partial charge in [-0.3, -0.25) is 9.59 Å². The molecule has 0 aliphatic carbocycles. The topological polar surface area (TPSA) is 86.3 Å². The van der Waals surface area contributed by atoms with Gasteiger partial charge in [0.2, 0.25) is 5.91 Å². The lowest BCUT2D eigenvalue weighted by atomic mass is 9.79. The van der Waals surface area contributed by atoms with Gasteiger partial charge in [-0.05, 0) is 48.7 Å². The van der Waals surface area contributed by atoms with Crippen molar-refractivity contribution >= 4 is 11.8 Å². The SMILES string of the molecule is CC[C@@H](C)NC(=O)[C@@H]1c2cc(OC)c(OC)cc2C(=O)N(C)[C@@H]1c1ccc(OC)c(OC)c1. The second-order valence-electron chi connectivity index (χ2n) is 8.07. The van der Waals surface area contributed by atoms with Crippen molar-refractivity contribution < 1.29 is 28.5 Å². The number of hydrogen-bond donors (Lipinski definition) is 1. The number of methoxy groups -OCH3 is 4. The molecule has 8 nitrogen and oxygen atoms in total. The van der Waals surface area contributed by atoms with Crippen LogP contribution in [0.2, 0.25) is 0 Å². The Balaban J connectivity index is 2.24. The summed E-state index contributed by atoms with van der Waals surface area (Å²) in [6.07, 6.45) is 0.785. The minimum absolute atomic E-state index is 0.0184. The maximum Gasteiger partial charge on any atom is 0.254 e. The van der Waals surface area contributed by atoms with E-state index in [2.05, 4.69) is 5.32 Å². The molecule has 1 aliphatic heterocycles. The molecule has 2 aromatic rings. The highest BCUT2D eigenvalue weighted by Crippen LogP contribution is 2.46. The Morgan fingerprint density at radius 3 is 2.12 bits per heavy atom. The van der Waals surface area contributed by atoms with Crippen LogP contribution in [0.4, 0.5) is 0 Å². The Hall–Kier alpha value is -3.42. The predicted octanol–water partition coefficient (Wildman–Crippen LogP) is 3.55. The first-order valence-corrected chi connectivity index (χ1v) is 10.9. The molecule has 33 heavy (non-hydrogen) atoms. The molecular formula is C25H32N2O6. The summed E-state index contributed by atoms with van der Waals surface area (Å²) in [6.45, 7) is 3.96. The molecule has 0 bridgehead atoms. The van der Waals surface area contributed by atoms with Crippen molar-refractivity contribution in [3.8, 4) is 23.0 Å². The third kappa shape index (κ3) is 4.42. The smallest absolute Gasteiger partial charge is 0.254 e. The number of likely N-dealkylation sites (N-methyl/N-ethyl adjacent to an activating group) is 1.